The molecule has 0 N–H and O–H groups in total. The third kappa shape index (κ3) is 3.62. The lowest BCUT2D eigenvalue weighted by Crippen LogP contribution is -2.10. The van der Waals surface area contributed by atoms with Crippen LogP contribution in [0.3, 0.4) is 0 Å². The molecule has 0 radical (unpaired) electrons. The van der Waals surface area contributed by atoms with E-state index in [1.54, 1.807) is 0 Å². The summed E-state index contributed by atoms with van der Waals surface area (Å²) >= 11 is 3.56. The summed E-state index contributed by atoms with van der Waals surface area (Å²) in [6, 6.07) is 42.8. The molecule has 5 aromatic carbocycles. The van der Waals surface area contributed by atoms with Gasteiger partial charge in [0.15, 0.2) is 0 Å². The number of halogens is 1. The molecule has 0 saturated carbocycles. The molecule has 0 atom stereocenters. The summed E-state index contributed by atoms with van der Waals surface area (Å²) < 4.78 is 1.07. The summed E-state index contributed by atoms with van der Waals surface area (Å²) in [6.07, 6.45) is 0. The van der Waals surface area contributed by atoms with Gasteiger partial charge in [0.2, 0.25) is 0 Å². The Kier molecular flexibility index (Phi) is 5.08. The molecule has 5 aromatic rings. The van der Waals surface area contributed by atoms with E-state index in [-0.39, 0.29) is 0 Å². The van der Waals surface area contributed by atoms with Crippen LogP contribution in [0, 0.1) is 0 Å². The number of benzene rings is 5. The molecule has 30 heavy (non-hydrogen) atoms. The second kappa shape index (κ2) is 8.17. The first-order valence-corrected chi connectivity index (χ1v) is 10.8. The van der Waals surface area contributed by atoms with Crippen molar-refractivity contribution in [1.82, 2.24) is 0 Å². The van der Waals surface area contributed by atoms with E-state index in [1.807, 2.05) is 6.07 Å². The highest BCUT2D eigenvalue weighted by atomic mass is 79.9. The van der Waals surface area contributed by atoms with E-state index in [0.717, 1.165) is 15.8 Å². The van der Waals surface area contributed by atoms with Gasteiger partial charge in [-0.3, -0.25) is 0 Å². The van der Waals surface area contributed by atoms with Crippen LogP contribution in [-0.4, -0.2) is 0 Å². The summed E-state index contributed by atoms with van der Waals surface area (Å²) in [5.74, 6) is 0. The molecule has 0 unspecified atom stereocenters. The van der Waals surface area contributed by atoms with Gasteiger partial charge >= 0.3 is 0 Å². The summed E-state index contributed by atoms with van der Waals surface area (Å²) in [4.78, 5) is 2.32. The highest BCUT2D eigenvalue weighted by Gasteiger charge is 2.15. The van der Waals surface area contributed by atoms with Crippen molar-refractivity contribution in [3.63, 3.8) is 0 Å². The maximum atomic E-state index is 3.56. The van der Waals surface area contributed by atoms with Gasteiger partial charge in [0.25, 0.3) is 0 Å². The average Bonchev–Trinajstić information content (AvgIpc) is 2.82. The van der Waals surface area contributed by atoms with Gasteiger partial charge in [0.1, 0.15) is 0 Å². The number of anilines is 3. The van der Waals surface area contributed by atoms with Crippen molar-refractivity contribution in [2.75, 3.05) is 4.90 Å². The van der Waals surface area contributed by atoms with Gasteiger partial charge in [-0.15, -0.1) is 0 Å². The van der Waals surface area contributed by atoms with E-state index < -0.39 is 0 Å². The van der Waals surface area contributed by atoms with Gasteiger partial charge in [-0.1, -0.05) is 94.8 Å². The number of hydrogen-bond donors (Lipinski definition) is 0. The largest absolute Gasteiger partial charge is 0.310 e. The van der Waals surface area contributed by atoms with Crippen LogP contribution in [0.15, 0.2) is 126 Å². The van der Waals surface area contributed by atoms with E-state index in [1.165, 1.54) is 27.6 Å². The molecule has 0 fully saturated rings. The molecular formula is C28H20BrN. The Balaban J connectivity index is 1.66. The molecule has 0 aliphatic carbocycles. The van der Waals surface area contributed by atoms with Crippen LogP contribution in [0.1, 0.15) is 0 Å². The molecule has 0 heterocycles. The van der Waals surface area contributed by atoms with Gasteiger partial charge in [-0.25, -0.2) is 0 Å². The summed E-state index contributed by atoms with van der Waals surface area (Å²) in [5, 5.41) is 2.47. The van der Waals surface area contributed by atoms with Crippen LogP contribution in [-0.2, 0) is 0 Å². The van der Waals surface area contributed by atoms with Crippen molar-refractivity contribution < 1.29 is 0 Å². The van der Waals surface area contributed by atoms with Crippen molar-refractivity contribution in [1.29, 1.82) is 0 Å². The second-order valence-corrected chi connectivity index (χ2v) is 8.14. The van der Waals surface area contributed by atoms with Gasteiger partial charge < -0.3 is 4.90 Å². The minimum atomic E-state index is 1.07. The molecule has 0 amide bonds. The molecule has 2 heteroatoms. The lowest BCUT2D eigenvalue weighted by molar-refractivity contribution is 1.29. The zero-order valence-corrected chi connectivity index (χ0v) is 18.0. The Bertz CT molecular complexity index is 1270. The smallest absolute Gasteiger partial charge is 0.0540 e. The van der Waals surface area contributed by atoms with Crippen LogP contribution >= 0.6 is 15.9 Å². The molecule has 144 valence electrons. The molecule has 0 aromatic heterocycles. The Labute approximate surface area is 185 Å². The van der Waals surface area contributed by atoms with E-state index in [2.05, 4.69) is 136 Å². The number of fused-ring (bicyclic) bond motifs is 1. The Morgan fingerprint density at radius 1 is 0.467 bits per heavy atom. The quantitative estimate of drug-likeness (QED) is 0.265. The molecule has 5 rings (SSSR count). The molecule has 0 spiro atoms. The second-order valence-electron chi connectivity index (χ2n) is 7.22. The average molecular weight is 450 g/mol. The van der Waals surface area contributed by atoms with E-state index >= 15 is 0 Å². The normalized spacial score (nSPS) is 10.8. The fourth-order valence-corrected chi connectivity index (χ4v) is 4.12. The third-order valence-electron chi connectivity index (χ3n) is 5.32. The third-order valence-corrected chi connectivity index (χ3v) is 5.85. The minimum absolute atomic E-state index is 1.07. The fourth-order valence-electron chi connectivity index (χ4n) is 3.85. The molecule has 1 nitrogen and oxygen atoms in total. The fraction of sp³-hybridized carbons (Fsp3) is 0. The molecule has 0 saturated heterocycles. The lowest BCUT2D eigenvalue weighted by Gasteiger charge is -2.27. The molecule has 0 aliphatic heterocycles. The van der Waals surface area contributed by atoms with Crippen molar-refractivity contribution >= 4 is 43.8 Å². The number of rotatable bonds is 4. The van der Waals surface area contributed by atoms with Gasteiger partial charge in [-0.2, -0.15) is 0 Å². The van der Waals surface area contributed by atoms with E-state index in [0.29, 0.717) is 0 Å². The van der Waals surface area contributed by atoms with Crippen LogP contribution in [0.2, 0.25) is 0 Å². The van der Waals surface area contributed by atoms with Crippen LogP contribution in [0.5, 0.6) is 0 Å². The predicted octanol–water partition coefficient (Wildman–Crippen LogP) is 8.74. The zero-order chi connectivity index (χ0) is 20.3. The first kappa shape index (κ1) is 18.7. The Morgan fingerprint density at radius 3 is 1.77 bits per heavy atom. The van der Waals surface area contributed by atoms with Crippen molar-refractivity contribution in [3.8, 4) is 11.1 Å². The highest BCUT2D eigenvalue weighted by molar-refractivity contribution is 9.10. The zero-order valence-electron chi connectivity index (χ0n) is 16.4. The number of nitrogens with zero attached hydrogens (tertiary/aromatic N) is 1. The highest BCUT2D eigenvalue weighted by Crippen LogP contribution is 2.39. The Morgan fingerprint density at radius 2 is 1.03 bits per heavy atom. The van der Waals surface area contributed by atoms with E-state index in [4.69, 9.17) is 0 Å². The monoisotopic (exact) mass is 449 g/mol. The number of hydrogen-bond acceptors (Lipinski definition) is 1. The Hall–Kier alpha value is -3.36. The topological polar surface area (TPSA) is 3.24 Å². The van der Waals surface area contributed by atoms with Crippen molar-refractivity contribution in [2.24, 2.45) is 0 Å². The maximum absolute atomic E-state index is 3.56. The van der Waals surface area contributed by atoms with Gasteiger partial charge in [-0.05, 0) is 59.0 Å². The van der Waals surface area contributed by atoms with Crippen LogP contribution in [0.25, 0.3) is 21.9 Å². The SMILES string of the molecule is Brc1ccc(N(c2ccc(-c3ccccc3)cc2)c2cccc3ccccc23)cc1. The first-order chi connectivity index (χ1) is 14.8. The van der Waals surface area contributed by atoms with Gasteiger partial charge in [0, 0.05) is 21.2 Å². The maximum Gasteiger partial charge on any atom is 0.0540 e. The molecule has 0 aliphatic rings. The van der Waals surface area contributed by atoms with Crippen LogP contribution < -0.4 is 4.90 Å². The predicted molar refractivity (Wildman–Crippen MR) is 132 cm³/mol. The van der Waals surface area contributed by atoms with Crippen LogP contribution in [0.4, 0.5) is 17.1 Å². The lowest BCUT2D eigenvalue weighted by atomic mass is 10.0. The summed E-state index contributed by atoms with van der Waals surface area (Å²) in [6.45, 7) is 0. The molecular weight excluding hydrogens is 430 g/mol. The minimum Gasteiger partial charge on any atom is -0.310 e. The van der Waals surface area contributed by atoms with Gasteiger partial charge in [0.05, 0.1) is 5.69 Å². The summed E-state index contributed by atoms with van der Waals surface area (Å²) in [5.41, 5.74) is 5.87. The summed E-state index contributed by atoms with van der Waals surface area (Å²) in [7, 11) is 0. The molecule has 0 bridgehead atoms. The van der Waals surface area contributed by atoms with Crippen molar-refractivity contribution in [3.05, 3.63) is 126 Å². The standard InChI is InChI=1S/C28H20BrN/c29-24-15-19-26(20-16-24)30(28-12-6-10-23-9-4-5-11-27(23)28)25-17-13-22(14-18-25)21-7-2-1-3-8-21/h1-20H. The van der Waals surface area contributed by atoms with Crippen molar-refractivity contribution in [2.45, 2.75) is 0 Å². The first-order valence-electron chi connectivity index (χ1n) is 9.98. The van der Waals surface area contributed by atoms with E-state index in [9.17, 15) is 0 Å².